The van der Waals surface area contributed by atoms with Gasteiger partial charge in [0.2, 0.25) is 0 Å². The summed E-state index contributed by atoms with van der Waals surface area (Å²) in [7, 11) is 0. The zero-order chi connectivity index (χ0) is 13.2. The molecule has 2 unspecified atom stereocenters. The molecule has 0 radical (unpaired) electrons. The molecule has 0 aromatic heterocycles. The van der Waals surface area contributed by atoms with E-state index in [1.807, 2.05) is 11.8 Å². The number of hydrogen-bond acceptors (Lipinski definition) is 2. The summed E-state index contributed by atoms with van der Waals surface area (Å²) in [5, 5.41) is 1.16. The van der Waals surface area contributed by atoms with Gasteiger partial charge in [-0.1, -0.05) is 6.42 Å². The summed E-state index contributed by atoms with van der Waals surface area (Å²) in [5.74, 6) is 0.103. The third kappa shape index (κ3) is 4.18. The predicted molar refractivity (Wildman–Crippen MR) is 66.7 cm³/mol. The van der Waals surface area contributed by atoms with Crippen molar-refractivity contribution in [3.8, 4) is 0 Å². The molecule has 18 heavy (non-hydrogen) atoms. The second-order valence-corrected chi connectivity index (χ2v) is 7.02. The molecular weight excluding hydrogens is 261 g/mol. The molecule has 2 aliphatic rings. The first kappa shape index (κ1) is 14.2. The van der Waals surface area contributed by atoms with Gasteiger partial charge in [0, 0.05) is 29.3 Å². The first-order valence-electron chi connectivity index (χ1n) is 6.69. The minimum atomic E-state index is -4.13. The molecule has 2 aliphatic heterocycles. The maximum atomic E-state index is 12.0. The molecule has 0 aliphatic carbocycles. The second kappa shape index (κ2) is 5.85. The minimum absolute atomic E-state index is 0.0368. The van der Waals surface area contributed by atoms with E-state index in [9.17, 15) is 18.0 Å². The van der Waals surface area contributed by atoms with E-state index < -0.39 is 12.6 Å². The summed E-state index contributed by atoms with van der Waals surface area (Å²) in [4.78, 5) is 11.9. The van der Waals surface area contributed by atoms with Crippen molar-refractivity contribution in [3.63, 3.8) is 0 Å². The Morgan fingerprint density at radius 3 is 2.33 bits per heavy atom. The van der Waals surface area contributed by atoms with Crippen LogP contribution in [0.25, 0.3) is 0 Å². The lowest BCUT2D eigenvalue weighted by molar-refractivity contribution is -0.137. The first-order chi connectivity index (χ1) is 8.44. The van der Waals surface area contributed by atoms with Gasteiger partial charge in [-0.2, -0.15) is 24.9 Å². The van der Waals surface area contributed by atoms with Crippen molar-refractivity contribution < 1.29 is 18.0 Å². The van der Waals surface area contributed by atoms with Gasteiger partial charge < -0.3 is 0 Å². The second-order valence-electron chi connectivity index (χ2n) is 5.41. The van der Waals surface area contributed by atoms with E-state index in [2.05, 4.69) is 0 Å². The molecule has 2 saturated heterocycles. The quantitative estimate of drug-likeness (QED) is 0.761. The van der Waals surface area contributed by atoms with Gasteiger partial charge in [-0.25, -0.2) is 0 Å². The molecule has 0 aromatic carbocycles. The van der Waals surface area contributed by atoms with Crippen LogP contribution < -0.4 is 0 Å². The van der Waals surface area contributed by atoms with E-state index in [4.69, 9.17) is 0 Å². The van der Waals surface area contributed by atoms with Gasteiger partial charge in [-0.3, -0.25) is 4.79 Å². The van der Waals surface area contributed by atoms with E-state index in [1.165, 1.54) is 19.3 Å². The number of rotatable bonds is 4. The van der Waals surface area contributed by atoms with Gasteiger partial charge in [0.05, 0.1) is 0 Å². The Hall–Kier alpha value is -0.190. The van der Waals surface area contributed by atoms with Crippen LogP contribution in [0.4, 0.5) is 13.2 Å². The third-order valence-electron chi connectivity index (χ3n) is 3.87. The molecule has 5 heteroatoms. The van der Waals surface area contributed by atoms with Gasteiger partial charge in [0.15, 0.2) is 0 Å². The fourth-order valence-electron chi connectivity index (χ4n) is 2.99. The highest BCUT2D eigenvalue weighted by Crippen LogP contribution is 2.44. The Morgan fingerprint density at radius 1 is 1.17 bits per heavy atom. The summed E-state index contributed by atoms with van der Waals surface area (Å²) in [5.41, 5.74) is 0. The number of carbonyl (C=O) groups is 1. The number of carbonyl (C=O) groups excluding carboxylic acids is 1. The Bertz CT molecular complexity index is 291. The van der Waals surface area contributed by atoms with Crippen molar-refractivity contribution in [1.29, 1.82) is 0 Å². The lowest BCUT2D eigenvalue weighted by Gasteiger charge is -2.38. The highest BCUT2D eigenvalue weighted by molar-refractivity contribution is 8.00. The third-order valence-corrected chi connectivity index (χ3v) is 5.50. The molecule has 0 N–H and O–H groups in total. The molecule has 0 spiro atoms. The predicted octanol–water partition coefficient (Wildman–Crippen LogP) is 4.35. The average molecular weight is 280 g/mol. The molecule has 0 amide bonds. The summed E-state index contributed by atoms with van der Waals surface area (Å²) < 4.78 is 36.1. The molecule has 2 bridgehead atoms. The zero-order valence-corrected chi connectivity index (χ0v) is 11.2. The van der Waals surface area contributed by atoms with E-state index in [0.717, 1.165) is 12.8 Å². The summed E-state index contributed by atoms with van der Waals surface area (Å²) in [6.07, 6.45) is 0.498. The van der Waals surface area contributed by atoms with Crippen molar-refractivity contribution in [1.82, 2.24) is 0 Å². The smallest absolute Gasteiger partial charge is 0.299 e. The van der Waals surface area contributed by atoms with Crippen LogP contribution in [0.15, 0.2) is 0 Å². The van der Waals surface area contributed by atoms with Crippen LogP contribution in [-0.4, -0.2) is 22.5 Å². The topological polar surface area (TPSA) is 17.1 Å². The van der Waals surface area contributed by atoms with Gasteiger partial charge in [-0.05, 0) is 32.1 Å². The standard InChI is InChI=1S/C13H19F3OS/c14-13(15,16)6-2-5-12(17)9-7-10-3-1-4-11(8-9)18-10/h9-11H,1-8H2. The number of hydrogen-bond donors (Lipinski definition) is 0. The summed E-state index contributed by atoms with van der Waals surface area (Å²) in [6.45, 7) is 0. The van der Waals surface area contributed by atoms with E-state index in [-0.39, 0.29) is 24.5 Å². The fraction of sp³-hybridized carbons (Fsp3) is 0.923. The van der Waals surface area contributed by atoms with Crippen molar-refractivity contribution in [2.45, 2.75) is 68.0 Å². The largest absolute Gasteiger partial charge is 0.389 e. The number of halogens is 3. The van der Waals surface area contributed by atoms with Crippen LogP contribution >= 0.6 is 11.8 Å². The number of fused-ring (bicyclic) bond motifs is 2. The van der Waals surface area contributed by atoms with Crippen LogP contribution in [0.1, 0.15) is 51.4 Å². The van der Waals surface area contributed by atoms with Crippen molar-refractivity contribution in [2.75, 3.05) is 0 Å². The van der Waals surface area contributed by atoms with Crippen LogP contribution in [0.5, 0.6) is 0 Å². The van der Waals surface area contributed by atoms with Gasteiger partial charge in [-0.15, -0.1) is 0 Å². The van der Waals surface area contributed by atoms with Crippen molar-refractivity contribution in [3.05, 3.63) is 0 Å². The number of ketones is 1. The van der Waals surface area contributed by atoms with E-state index in [0.29, 0.717) is 10.5 Å². The Balaban J connectivity index is 1.75. The zero-order valence-electron chi connectivity index (χ0n) is 10.3. The summed E-state index contributed by atoms with van der Waals surface area (Å²) >= 11 is 1.99. The molecule has 2 fully saturated rings. The monoisotopic (exact) mass is 280 g/mol. The minimum Gasteiger partial charge on any atom is -0.299 e. The maximum absolute atomic E-state index is 12.0. The van der Waals surface area contributed by atoms with Gasteiger partial charge in [0.1, 0.15) is 5.78 Å². The van der Waals surface area contributed by atoms with Crippen LogP contribution in [0.3, 0.4) is 0 Å². The molecule has 1 nitrogen and oxygen atoms in total. The van der Waals surface area contributed by atoms with Crippen molar-refractivity contribution in [2.24, 2.45) is 5.92 Å². The van der Waals surface area contributed by atoms with Crippen molar-refractivity contribution >= 4 is 17.5 Å². The lowest BCUT2D eigenvalue weighted by Crippen LogP contribution is -2.32. The molecular formula is C13H19F3OS. The highest BCUT2D eigenvalue weighted by Gasteiger charge is 2.35. The molecule has 2 atom stereocenters. The van der Waals surface area contributed by atoms with E-state index in [1.54, 1.807) is 0 Å². The SMILES string of the molecule is O=C(CCCC(F)(F)F)C1CC2CCCC(C1)S2. The number of alkyl halides is 3. The highest BCUT2D eigenvalue weighted by atomic mass is 32.2. The van der Waals surface area contributed by atoms with E-state index >= 15 is 0 Å². The molecule has 2 heterocycles. The van der Waals surface area contributed by atoms with Crippen LogP contribution in [0, 0.1) is 5.92 Å². The Morgan fingerprint density at radius 2 is 1.78 bits per heavy atom. The normalized spacial score (nSPS) is 32.3. The van der Waals surface area contributed by atoms with Crippen LogP contribution in [-0.2, 0) is 4.79 Å². The Kier molecular flexibility index (Phi) is 4.62. The van der Waals surface area contributed by atoms with Crippen LogP contribution in [0.2, 0.25) is 0 Å². The molecule has 2 rings (SSSR count). The summed E-state index contributed by atoms with van der Waals surface area (Å²) in [6, 6.07) is 0. The van der Waals surface area contributed by atoms with Gasteiger partial charge in [0.25, 0.3) is 0 Å². The fourth-order valence-corrected chi connectivity index (χ4v) is 4.83. The first-order valence-corrected chi connectivity index (χ1v) is 7.63. The number of thioether (sulfide) groups is 1. The van der Waals surface area contributed by atoms with Gasteiger partial charge >= 0.3 is 6.18 Å². The lowest BCUT2D eigenvalue weighted by atomic mass is 9.85. The molecule has 104 valence electrons. The Labute approximate surface area is 110 Å². The molecule has 0 aromatic rings. The number of Topliss-reactive ketones (excluding diaryl/α,β-unsaturated/α-hetero) is 1. The molecule has 0 saturated carbocycles. The maximum Gasteiger partial charge on any atom is 0.389 e. The average Bonchev–Trinajstić information content (AvgIpc) is 2.26.